The molecule has 0 N–H and O–H groups in total. The minimum Gasteiger partial charge on any atom is -0.475 e. The van der Waals surface area contributed by atoms with E-state index in [1.807, 2.05) is 19.9 Å². The molecule has 2 heteroatoms. The van der Waals surface area contributed by atoms with Gasteiger partial charge >= 0.3 is 0 Å². The van der Waals surface area contributed by atoms with Crippen molar-refractivity contribution in [1.82, 2.24) is 0 Å². The van der Waals surface area contributed by atoms with Gasteiger partial charge in [0.25, 0.3) is 0 Å². The first-order valence-corrected chi connectivity index (χ1v) is 2.66. The van der Waals surface area contributed by atoms with E-state index in [0.29, 0.717) is 6.61 Å². The molecule has 0 aliphatic carbocycles. The van der Waals surface area contributed by atoms with Crippen LogP contribution in [0.15, 0.2) is 16.8 Å². The van der Waals surface area contributed by atoms with Gasteiger partial charge in [-0.25, -0.2) is 4.99 Å². The smallest absolute Gasteiger partial charge is 0.185 e. The summed E-state index contributed by atoms with van der Waals surface area (Å²) in [5.74, 6) is 0.776. The van der Waals surface area contributed by atoms with Gasteiger partial charge in [-0.1, -0.05) is 6.08 Å². The highest BCUT2D eigenvalue weighted by atomic mass is 16.5. The molecule has 0 saturated carbocycles. The molecule has 0 spiro atoms. The van der Waals surface area contributed by atoms with Gasteiger partial charge in [0.1, 0.15) is 6.61 Å². The van der Waals surface area contributed by atoms with Crippen LogP contribution in [0.4, 0.5) is 0 Å². The highest BCUT2D eigenvalue weighted by Gasteiger charge is 2.04. The van der Waals surface area contributed by atoms with Crippen LogP contribution >= 0.6 is 0 Å². The molecular weight excluding hydrogens is 102 g/mol. The topological polar surface area (TPSA) is 21.6 Å². The Morgan fingerprint density at radius 3 is 2.75 bits per heavy atom. The van der Waals surface area contributed by atoms with E-state index in [9.17, 15) is 0 Å². The van der Waals surface area contributed by atoms with E-state index < -0.39 is 0 Å². The van der Waals surface area contributed by atoms with E-state index in [1.54, 1.807) is 0 Å². The zero-order chi connectivity index (χ0) is 5.98. The lowest BCUT2D eigenvalue weighted by atomic mass is 10.5. The molecule has 0 radical (unpaired) electrons. The second kappa shape index (κ2) is 1.99. The van der Waals surface area contributed by atoms with Gasteiger partial charge in [0, 0.05) is 6.92 Å². The van der Waals surface area contributed by atoms with Crippen LogP contribution in [0.2, 0.25) is 0 Å². The second-order valence-corrected chi connectivity index (χ2v) is 1.70. The molecular formula is C6H9NO. The van der Waals surface area contributed by atoms with Crippen molar-refractivity contribution >= 4 is 5.90 Å². The van der Waals surface area contributed by atoms with Gasteiger partial charge in [-0.05, 0) is 6.92 Å². The van der Waals surface area contributed by atoms with Crippen LogP contribution in [0, 0.1) is 0 Å². The summed E-state index contributed by atoms with van der Waals surface area (Å²) < 4.78 is 5.04. The number of aliphatic imine (C=N–C) groups is 1. The fourth-order valence-corrected chi connectivity index (χ4v) is 0.593. The van der Waals surface area contributed by atoms with E-state index >= 15 is 0 Å². The van der Waals surface area contributed by atoms with Crippen LogP contribution in [-0.2, 0) is 4.74 Å². The van der Waals surface area contributed by atoms with Gasteiger partial charge < -0.3 is 4.74 Å². The van der Waals surface area contributed by atoms with Gasteiger partial charge in [0.2, 0.25) is 0 Å². The highest BCUT2D eigenvalue weighted by molar-refractivity contribution is 5.76. The average molecular weight is 111 g/mol. The second-order valence-electron chi connectivity index (χ2n) is 1.70. The normalized spacial score (nSPS) is 23.2. The minimum absolute atomic E-state index is 0.655. The fourth-order valence-electron chi connectivity index (χ4n) is 0.593. The van der Waals surface area contributed by atoms with Crippen molar-refractivity contribution in [2.24, 2.45) is 4.99 Å². The zero-order valence-electron chi connectivity index (χ0n) is 5.14. The largest absolute Gasteiger partial charge is 0.475 e. The summed E-state index contributed by atoms with van der Waals surface area (Å²) in [5, 5.41) is 0. The van der Waals surface area contributed by atoms with Crippen molar-refractivity contribution in [3.63, 3.8) is 0 Å². The Morgan fingerprint density at radius 1 is 1.75 bits per heavy atom. The molecule has 0 aromatic carbocycles. The quantitative estimate of drug-likeness (QED) is 0.462. The maximum absolute atomic E-state index is 5.04. The molecule has 44 valence electrons. The lowest BCUT2D eigenvalue weighted by Crippen LogP contribution is -1.89. The number of hydrogen-bond donors (Lipinski definition) is 0. The maximum atomic E-state index is 5.04. The number of rotatable bonds is 0. The monoisotopic (exact) mass is 111 g/mol. The molecule has 0 aromatic heterocycles. The van der Waals surface area contributed by atoms with Crippen LogP contribution in [0.25, 0.3) is 0 Å². The molecule has 1 heterocycles. The third-order valence-corrected chi connectivity index (χ3v) is 1.06. The number of allylic oxidation sites excluding steroid dienone is 1. The summed E-state index contributed by atoms with van der Waals surface area (Å²) in [5.41, 5.74) is 1.03. The highest BCUT2D eigenvalue weighted by Crippen LogP contribution is 2.06. The predicted octanol–water partition coefficient (Wildman–Crippen LogP) is 1.34. The van der Waals surface area contributed by atoms with E-state index in [2.05, 4.69) is 4.99 Å². The Kier molecular flexibility index (Phi) is 1.33. The van der Waals surface area contributed by atoms with E-state index in [1.165, 1.54) is 0 Å². The number of ether oxygens (including phenoxy) is 1. The lowest BCUT2D eigenvalue weighted by Gasteiger charge is -1.87. The summed E-state index contributed by atoms with van der Waals surface area (Å²) in [4.78, 5) is 4.06. The molecule has 1 aliphatic rings. The molecule has 0 saturated heterocycles. The minimum atomic E-state index is 0.655. The van der Waals surface area contributed by atoms with Gasteiger partial charge in [-0.15, -0.1) is 0 Å². The third-order valence-electron chi connectivity index (χ3n) is 1.06. The summed E-state index contributed by atoms with van der Waals surface area (Å²) >= 11 is 0. The van der Waals surface area contributed by atoms with Crippen LogP contribution in [0.3, 0.4) is 0 Å². The molecule has 0 atom stereocenters. The maximum Gasteiger partial charge on any atom is 0.185 e. The molecule has 0 bridgehead atoms. The first-order valence-electron chi connectivity index (χ1n) is 2.66. The molecule has 0 aromatic rings. The first kappa shape index (κ1) is 5.35. The van der Waals surface area contributed by atoms with Crippen molar-refractivity contribution in [1.29, 1.82) is 0 Å². The summed E-state index contributed by atoms with van der Waals surface area (Å²) in [6, 6.07) is 0. The average Bonchev–Trinajstić information content (AvgIpc) is 2.14. The van der Waals surface area contributed by atoms with Crippen LogP contribution < -0.4 is 0 Å². The molecule has 2 nitrogen and oxygen atoms in total. The van der Waals surface area contributed by atoms with Gasteiger partial charge in [-0.2, -0.15) is 0 Å². The molecule has 1 rings (SSSR count). The van der Waals surface area contributed by atoms with Crippen molar-refractivity contribution in [2.75, 3.05) is 6.61 Å². The van der Waals surface area contributed by atoms with E-state index in [0.717, 1.165) is 11.6 Å². The Labute approximate surface area is 48.9 Å². The fraction of sp³-hybridized carbons (Fsp3) is 0.500. The van der Waals surface area contributed by atoms with Crippen molar-refractivity contribution in [2.45, 2.75) is 13.8 Å². The molecule has 0 unspecified atom stereocenters. The Morgan fingerprint density at radius 2 is 2.50 bits per heavy atom. The van der Waals surface area contributed by atoms with Gasteiger partial charge in [0.05, 0.1) is 5.70 Å². The lowest BCUT2D eigenvalue weighted by molar-refractivity contribution is 0.360. The zero-order valence-corrected chi connectivity index (χ0v) is 5.14. The van der Waals surface area contributed by atoms with E-state index in [4.69, 9.17) is 4.74 Å². The third kappa shape index (κ3) is 0.886. The Balaban J connectivity index is 2.67. The predicted molar refractivity (Wildman–Crippen MR) is 32.8 cm³/mol. The number of nitrogens with zero attached hydrogens (tertiary/aromatic N) is 1. The van der Waals surface area contributed by atoms with E-state index in [-0.39, 0.29) is 0 Å². The van der Waals surface area contributed by atoms with Crippen molar-refractivity contribution < 1.29 is 4.74 Å². The first-order chi connectivity index (χ1) is 3.83. The molecule has 1 aliphatic heterocycles. The summed E-state index contributed by atoms with van der Waals surface area (Å²) in [6.45, 7) is 4.47. The van der Waals surface area contributed by atoms with Crippen LogP contribution in [-0.4, -0.2) is 12.5 Å². The molecule has 0 amide bonds. The molecule has 0 fully saturated rings. The SMILES string of the molecule is C/C=C1/COC(C)=N1. The standard InChI is InChI=1S/C6H9NO/c1-3-6-4-8-5(2)7-6/h3H,4H2,1-2H3/b6-3-. The Bertz CT molecular complexity index is 147. The van der Waals surface area contributed by atoms with Crippen molar-refractivity contribution in [3.05, 3.63) is 11.8 Å². The summed E-state index contributed by atoms with van der Waals surface area (Å²) in [6.07, 6.45) is 1.95. The summed E-state index contributed by atoms with van der Waals surface area (Å²) in [7, 11) is 0. The van der Waals surface area contributed by atoms with Gasteiger partial charge in [-0.3, -0.25) is 0 Å². The Hall–Kier alpha value is -0.790. The van der Waals surface area contributed by atoms with Crippen molar-refractivity contribution in [3.8, 4) is 0 Å². The number of hydrogen-bond acceptors (Lipinski definition) is 2. The van der Waals surface area contributed by atoms with Crippen LogP contribution in [0.5, 0.6) is 0 Å². The van der Waals surface area contributed by atoms with Gasteiger partial charge in [0.15, 0.2) is 5.90 Å². The van der Waals surface area contributed by atoms with Crippen LogP contribution in [0.1, 0.15) is 13.8 Å². The molecule has 8 heavy (non-hydrogen) atoms.